The lowest BCUT2D eigenvalue weighted by molar-refractivity contribution is -0.120. The Kier molecular flexibility index (Phi) is 5.77. The van der Waals surface area contributed by atoms with Crippen LogP contribution in [0.25, 0.3) is 10.2 Å². The molecule has 3 heterocycles. The molecule has 12 heteroatoms. The van der Waals surface area contributed by atoms with Gasteiger partial charge in [-0.2, -0.15) is 0 Å². The highest BCUT2D eigenvalue weighted by Crippen LogP contribution is 2.34. The van der Waals surface area contributed by atoms with Crippen molar-refractivity contribution >= 4 is 45.1 Å². The number of esters is 1. The molecular formula is C20H18N4O7S. The van der Waals surface area contributed by atoms with Crippen LogP contribution >= 0.6 is 11.3 Å². The summed E-state index contributed by atoms with van der Waals surface area (Å²) in [7, 11) is 0. The Labute approximate surface area is 184 Å². The van der Waals surface area contributed by atoms with E-state index in [0.717, 1.165) is 15.9 Å². The molecule has 2 N–H and O–H groups in total. The van der Waals surface area contributed by atoms with Crippen molar-refractivity contribution in [2.24, 2.45) is 0 Å². The molecule has 0 aliphatic carbocycles. The molecule has 1 aliphatic rings. The van der Waals surface area contributed by atoms with Gasteiger partial charge in [-0.25, -0.2) is 14.6 Å². The van der Waals surface area contributed by atoms with E-state index < -0.39 is 30.0 Å². The largest absolute Gasteiger partial charge is 0.462 e. The highest BCUT2D eigenvalue weighted by atomic mass is 32.1. The molecule has 32 heavy (non-hydrogen) atoms. The molecule has 0 saturated carbocycles. The van der Waals surface area contributed by atoms with Crippen molar-refractivity contribution < 1.29 is 28.6 Å². The van der Waals surface area contributed by atoms with Gasteiger partial charge in [-0.3, -0.25) is 19.5 Å². The lowest BCUT2D eigenvalue weighted by Crippen LogP contribution is -2.38. The number of ether oxygens (including phenoxy) is 3. The van der Waals surface area contributed by atoms with Crippen molar-refractivity contribution in [3.05, 3.63) is 45.3 Å². The van der Waals surface area contributed by atoms with Crippen LogP contribution in [-0.2, 0) is 16.1 Å². The number of hydrogen-bond donors (Lipinski definition) is 2. The number of aryl methyl sites for hydroxylation is 1. The van der Waals surface area contributed by atoms with Gasteiger partial charge >= 0.3 is 12.0 Å². The molecular weight excluding hydrogens is 440 g/mol. The van der Waals surface area contributed by atoms with E-state index in [1.807, 2.05) is 0 Å². The number of carbonyl (C=O) groups excluding carboxylic acids is 3. The third-order valence-electron chi connectivity index (χ3n) is 4.58. The Morgan fingerprint density at radius 2 is 2.03 bits per heavy atom. The quantitative estimate of drug-likeness (QED) is 0.554. The first-order valence-corrected chi connectivity index (χ1v) is 10.3. The predicted octanol–water partition coefficient (Wildman–Crippen LogP) is 2.02. The zero-order valence-corrected chi connectivity index (χ0v) is 17.9. The Bertz CT molecular complexity index is 1300. The van der Waals surface area contributed by atoms with E-state index in [1.54, 1.807) is 32.0 Å². The maximum atomic E-state index is 12.8. The molecule has 0 fully saturated rings. The fourth-order valence-corrected chi connectivity index (χ4v) is 4.15. The van der Waals surface area contributed by atoms with Crippen LogP contribution in [0.5, 0.6) is 11.5 Å². The zero-order chi connectivity index (χ0) is 22.8. The van der Waals surface area contributed by atoms with E-state index >= 15 is 0 Å². The number of urea groups is 1. The fourth-order valence-electron chi connectivity index (χ4n) is 3.12. The Morgan fingerprint density at radius 1 is 1.25 bits per heavy atom. The van der Waals surface area contributed by atoms with E-state index in [-0.39, 0.29) is 23.7 Å². The molecule has 2 aromatic heterocycles. The zero-order valence-electron chi connectivity index (χ0n) is 17.1. The van der Waals surface area contributed by atoms with Gasteiger partial charge in [-0.15, -0.1) is 11.3 Å². The molecule has 166 valence electrons. The molecule has 3 aromatic rings. The number of benzene rings is 1. The molecule has 0 unspecified atom stereocenters. The summed E-state index contributed by atoms with van der Waals surface area (Å²) in [5, 5.41) is 4.90. The molecule has 0 atom stereocenters. The van der Waals surface area contributed by atoms with Gasteiger partial charge in [0.15, 0.2) is 11.5 Å². The second-order valence-electron chi connectivity index (χ2n) is 6.70. The van der Waals surface area contributed by atoms with Crippen LogP contribution in [-0.4, -0.2) is 40.9 Å². The fraction of sp³-hybridized carbons (Fsp3) is 0.250. The minimum Gasteiger partial charge on any atom is -0.462 e. The number of nitrogens with one attached hydrogen (secondary N) is 2. The number of hydrogen-bond acceptors (Lipinski definition) is 9. The standard InChI is InChI=1S/C20H18N4O7S/c1-3-29-19(27)16-10(2)15-17(32-16)21-8-24(18(15)26)7-14(25)23-20(28)22-11-4-5-12-13(6-11)31-9-30-12/h4-6,8H,3,7,9H2,1-2H3,(H2,22,23,25,28). The number of rotatable bonds is 5. The van der Waals surface area contributed by atoms with Crippen LogP contribution in [0, 0.1) is 6.92 Å². The van der Waals surface area contributed by atoms with Crippen LogP contribution in [0.4, 0.5) is 10.5 Å². The Morgan fingerprint density at radius 3 is 2.81 bits per heavy atom. The summed E-state index contributed by atoms with van der Waals surface area (Å²) in [5.41, 5.74) is 0.349. The Balaban J connectivity index is 1.45. The summed E-state index contributed by atoms with van der Waals surface area (Å²) in [5.74, 6) is -0.209. The number of nitrogens with zero attached hydrogens (tertiary/aromatic N) is 2. The van der Waals surface area contributed by atoms with Gasteiger partial charge in [-0.1, -0.05) is 0 Å². The number of anilines is 1. The monoisotopic (exact) mass is 458 g/mol. The van der Waals surface area contributed by atoms with Crippen LogP contribution in [0.3, 0.4) is 0 Å². The molecule has 1 aliphatic heterocycles. The number of carbonyl (C=O) groups is 3. The third kappa shape index (κ3) is 4.12. The van der Waals surface area contributed by atoms with E-state index in [1.165, 1.54) is 6.33 Å². The summed E-state index contributed by atoms with van der Waals surface area (Å²) in [6.45, 7) is 3.19. The van der Waals surface area contributed by atoms with Crippen molar-refractivity contribution in [3.63, 3.8) is 0 Å². The lowest BCUT2D eigenvalue weighted by Gasteiger charge is -2.08. The van der Waals surface area contributed by atoms with Gasteiger partial charge in [0.1, 0.15) is 16.3 Å². The minimum absolute atomic E-state index is 0.0987. The summed E-state index contributed by atoms with van der Waals surface area (Å²) in [6.07, 6.45) is 1.20. The highest BCUT2D eigenvalue weighted by molar-refractivity contribution is 7.20. The first-order valence-electron chi connectivity index (χ1n) is 9.53. The van der Waals surface area contributed by atoms with Gasteiger partial charge < -0.3 is 19.5 Å². The average Bonchev–Trinajstić information content (AvgIpc) is 3.34. The molecule has 4 rings (SSSR count). The lowest BCUT2D eigenvalue weighted by atomic mass is 10.2. The number of thiophene rings is 1. The minimum atomic E-state index is -0.771. The topological polar surface area (TPSA) is 138 Å². The predicted molar refractivity (Wildman–Crippen MR) is 114 cm³/mol. The van der Waals surface area contributed by atoms with Crippen LogP contribution in [0.1, 0.15) is 22.2 Å². The Hall–Kier alpha value is -3.93. The number of imide groups is 1. The van der Waals surface area contributed by atoms with Gasteiger partial charge in [-0.05, 0) is 31.5 Å². The van der Waals surface area contributed by atoms with Crippen molar-refractivity contribution in [2.75, 3.05) is 18.7 Å². The first kappa shape index (κ1) is 21.3. The molecule has 0 saturated heterocycles. The van der Waals surface area contributed by atoms with Crippen molar-refractivity contribution in [2.45, 2.75) is 20.4 Å². The van der Waals surface area contributed by atoms with E-state index in [9.17, 15) is 19.2 Å². The van der Waals surface area contributed by atoms with E-state index in [2.05, 4.69) is 15.6 Å². The normalized spacial score (nSPS) is 11.9. The summed E-state index contributed by atoms with van der Waals surface area (Å²) in [6, 6.07) is 4.02. The van der Waals surface area contributed by atoms with Crippen molar-refractivity contribution in [1.82, 2.24) is 14.9 Å². The molecule has 0 spiro atoms. The first-order chi connectivity index (χ1) is 15.4. The third-order valence-corrected chi connectivity index (χ3v) is 5.76. The van der Waals surface area contributed by atoms with Gasteiger partial charge in [0.25, 0.3) is 5.56 Å². The molecule has 3 amide bonds. The number of aromatic nitrogens is 2. The smallest absolute Gasteiger partial charge is 0.348 e. The molecule has 0 bridgehead atoms. The van der Waals surface area contributed by atoms with Crippen LogP contribution in [0.15, 0.2) is 29.3 Å². The average molecular weight is 458 g/mol. The van der Waals surface area contributed by atoms with Crippen molar-refractivity contribution in [1.29, 1.82) is 0 Å². The SMILES string of the molecule is CCOC(=O)c1sc2ncn(CC(=O)NC(=O)Nc3ccc4c(c3)OCO4)c(=O)c2c1C. The summed E-state index contributed by atoms with van der Waals surface area (Å²) >= 11 is 1.05. The second-order valence-corrected chi connectivity index (χ2v) is 7.70. The number of amides is 3. The van der Waals surface area contributed by atoms with E-state index in [4.69, 9.17) is 14.2 Å². The van der Waals surface area contributed by atoms with Gasteiger partial charge in [0.05, 0.1) is 18.3 Å². The number of fused-ring (bicyclic) bond motifs is 2. The van der Waals surface area contributed by atoms with Gasteiger partial charge in [0, 0.05) is 11.8 Å². The summed E-state index contributed by atoms with van der Waals surface area (Å²) < 4.78 is 16.5. The van der Waals surface area contributed by atoms with Crippen molar-refractivity contribution in [3.8, 4) is 11.5 Å². The van der Waals surface area contributed by atoms with Crippen LogP contribution in [0.2, 0.25) is 0 Å². The summed E-state index contributed by atoms with van der Waals surface area (Å²) in [4.78, 5) is 54.2. The maximum Gasteiger partial charge on any atom is 0.348 e. The molecule has 1 aromatic carbocycles. The highest BCUT2D eigenvalue weighted by Gasteiger charge is 2.21. The molecule has 11 nitrogen and oxygen atoms in total. The maximum absolute atomic E-state index is 12.8. The second kappa shape index (κ2) is 8.67. The molecule has 0 radical (unpaired) electrons. The van der Waals surface area contributed by atoms with Crippen LogP contribution < -0.4 is 25.7 Å². The van der Waals surface area contributed by atoms with E-state index in [0.29, 0.717) is 27.6 Å². The van der Waals surface area contributed by atoms with Gasteiger partial charge in [0.2, 0.25) is 12.7 Å².